The van der Waals surface area contributed by atoms with E-state index in [-0.39, 0.29) is 0 Å². The zero-order chi connectivity index (χ0) is 24.3. The number of hydrogen-bond donors (Lipinski definition) is 1. The Kier molecular flexibility index (Phi) is 7.05. The number of halogens is 1. The number of nitrogens with zero attached hydrogens (tertiary/aromatic N) is 3. The maximum absolute atomic E-state index is 11.9. The first-order valence-corrected chi connectivity index (χ1v) is 11.7. The summed E-state index contributed by atoms with van der Waals surface area (Å²) >= 11 is 6.51. The highest BCUT2D eigenvalue weighted by atomic mass is 35.5. The van der Waals surface area contributed by atoms with Gasteiger partial charge in [0, 0.05) is 25.1 Å². The third-order valence-electron chi connectivity index (χ3n) is 5.25. The summed E-state index contributed by atoms with van der Waals surface area (Å²) in [5, 5.41) is 4.17. The van der Waals surface area contributed by atoms with E-state index in [4.69, 9.17) is 26.1 Å². The molecule has 0 radical (unpaired) electrons. The number of pyridine rings is 1. The van der Waals surface area contributed by atoms with Crippen molar-refractivity contribution in [2.24, 2.45) is 0 Å². The molecule has 0 aliphatic heterocycles. The molecule has 34 heavy (non-hydrogen) atoms. The molecule has 0 unspecified atom stereocenters. The molecule has 0 bridgehead atoms. The number of rotatable bonds is 7. The van der Waals surface area contributed by atoms with Crippen molar-refractivity contribution in [3.63, 3.8) is 0 Å². The number of benzene rings is 2. The Bertz CT molecular complexity index is 1310. The van der Waals surface area contributed by atoms with Crippen LogP contribution in [0.2, 0.25) is 5.15 Å². The molecule has 178 valence electrons. The number of ether oxygens (including phenoxy) is 2. The second-order valence-electron chi connectivity index (χ2n) is 9.04. The molecule has 4 aromatic rings. The fourth-order valence-electron chi connectivity index (χ4n) is 3.75. The number of aromatic nitrogens is 3. The van der Waals surface area contributed by atoms with E-state index in [2.05, 4.69) is 14.9 Å². The molecule has 8 heteroatoms. The van der Waals surface area contributed by atoms with Gasteiger partial charge in [0.2, 0.25) is 0 Å². The van der Waals surface area contributed by atoms with E-state index < -0.39 is 11.7 Å². The molecule has 0 fully saturated rings. The van der Waals surface area contributed by atoms with Gasteiger partial charge in [-0.2, -0.15) is 0 Å². The molecule has 2 aromatic carbocycles. The SMILES string of the molecule is CCOCc1nc2c(Cl)nc3ccccc3c2n1Cc1ccc(CNC(=O)OC(C)(C)C)cc1. The molecule has 0 saturated heterocycles. The molecule has 2 aromatic heterocycles. The lowest BCUT2D eigenvalue weighted by Crippen LogP contribution is -2.32. The molecule has 4 rings (SSSR count). The molecular formula is C26H29ClN4O3. The van der Waals surface area contributed by atoms with Gasteiger partial charge in [0.05, 0.1) is 11.0 Å². The first-order chi connectivity index (χ1) is 16.2. The highest BCUT2D eigenvalue weighted by Crippen LogP contribution is 2.30. The van der Waals surface area contributed by atoms with Gasteiger partial charge in [0.15, 0.2) is 5.15 Å². The van der Waals surface area contributed by atoms with Crippen molar-refractivity contribution in [1.82, 2.24) is 19.9 Å². The van der Waals surface area contributed by atoms with Crippen molar-refractivity contribution in [2.45, 2.75) is 53.0 Å². The van der Waals surface area contributed by atoms with Gasteiger partial charge in [-0.05, 0) is 44.9 Å². The fraction of sp³-hybridized carbons (Fsp3) is 0.346. The van der Waals surface area contributed by atoms with Gasteiger partial charge < -0.3 is 19.4 Å². The van der Waals surface area contributed by atoms with Gasteiger partial charge in [-0.1, -0.05) is 54.1 Å². The standard InChI is InChI=1S/C26H29ClN4O3/c1-5-33-16-21-30-22-23(19-8-6-7-9-20(19)29-24(22)27)31(21)15-18-12-10-17(11-13-18)14-28-25(32)34-26(2,3)4/h6-13H,5,14-16H2,1-4H3,(H,28,32). The van der Waals surface area contributed by atoms with E-state index in [0.29, 0.717) is 37.0 Å². The average Bonchev–Trinajstić information content (AvgIpc) is 3.15. The van der Waals surface area contributed by atoms with Gasteiger partial charge in [-0.3, -0.25) is 0 Å². The number of hydrogen-bond acceptors (Lipinski definition) is 5. The van der Waals surface area contributed by atoms with Crippen LogP contribution in [-0.4, -0.2) is 32.8 Å². The highest BCUT2D eigenvalue weighted by Gasteiger charge is 2.18. The lowest BCUT2D eigenvalue weighted by atomic mass is 10.1. The summed E-state index contributed by atoms with van der Waals surface area (Å²) in [6.45, 7) is 9.45. The molecule has 0 aliphatic rings. The summed E-state index contributed by atoms with van der Waals surface area (Å²) < 4.78 is 13.1. The normalized spacial score (nSPS) is 11.8. The molecule has 0 saturated carbocycles. The summed E-state index contributed by atoms with van der Waals surface area (Å²) in [5.41, 5.74) is 4.00. The Morgan fingerprint density at radius 2 is 1.76 bits per heavy atom. The predicted octanol–water partition coefficient (Wildman–Crippen LogP) is 5.85. The van der Waals surface area contributed by atoms with Crippen LogP contribution in [0.1, 0.15) is 44.6 Å². The van der Waals surface area contributed by atoms with E-state index in [0.717, 1.165) is 33.4 Å². The quantitative estimate of drug-likeness (QED) is 0.336. The van der Waals surface area contributed by atoms with Gasteiger partial charge in [-0.15, -0.1) is 0 Å². The smallest absolute Gasteiger partial charge is 0.407 e. The van der Waals surface area contributed by atoms with Gasteiger partial charge in [0.1, 0.15) is 23.5 Å². The number of nitrogens with one attached hydrogen (secondary N) is 1. The molecular weight excluding hydrogens is 452 g/mol. The Labute approximate surface area is 204 Å². The van der Waals surface area contributed by atoms with E-state index in [1.807, 2.05) is 76.2 Å². The van der Waals surface area contributed by atoms with Crippen LogP contribution in [0.5, 0.6) is 0 Å². The Morgan fingerprint density at radius 3 is 2.47 bits per heavy atom. The minimum atomic E-state index is -0.525. The van der Waals surface area contributed by atoms with E-state index in [9.17, 15) is 4.79 Å². The number of para-hydroxylation sites is 1. The predicted molar refractivity (Wildman–Crippen MR) is 134 cm³/mol. The topological polar surface area (TPSA) is 78.3 Å². The molecule has 0 aliphatic carbocycles. The number of fused-ring (bicyclic) bond motifs is 3. The monoisotopic (exact) mass is 480 g/mol. The summed E-state index contributed by atoms with van der Waals surface area (Å²) in [6.07, 6.45) is -0.431. The van der Waals surface area contributed by atoms with Crippen molar-refractivity contribution in [1.29, 1.82) is 0 Å². The zero-order valence-corrected chi connectivity index (χ0v) is 20.6. The number of alkyl carbamates (subject to hydrolysis) is 1. The van der Waals surface area contributed by atoms with Gasteiger partial charge in [-0.25, -0.2) is 14.8 Å². The van der Waals surface area contributed by atoms with Crippen molar-refractivity contribution in [3.05, 3.63) is 70.6 Å². The van der Waals surface area contributed by atoms with Crippen LogP contribution in [0.4, 0.5) is 4.79 Å². The molecule has 7 nitrogen and oxygen atoms in total. The van der Waals surface area contributed by atoms with Crippen molar-refractivity contribution >= 4 is 39.6 Å². The van der Waals surface area contributed by atoms with E-state index in [1.54, 1.807) is 0 Å². The molecule has 1 N–H and O–H groups in total. The van der Waals surface area contributed by atoms with Crippen LogP contribution in [0, 0.1) is 0 Å². The van der Waals surface area contributed by atoms with Crippen molar-refractivity contribution in [3.8, 4) is 0 Å². The van der Waals surface area contributed by atoms with Crippen LogP contribution in [0.3, 0.4) is 0 Å². The third kappa shape index (κ3) is 5.48. The number of carbonyl (C=O) groups is 1. The number of amides is 1. The van der Waals surface area contributed by atoms with E-state index in [1.165, 1.54) is 0 Å². The fourth-order valence-corrected chi connectivity index (χ4v) is 3.98. The first-order valence-electron chi connectivity index (χ1n) is 11.3. The first kappa shape index (κ1) is 24.0. The zero-order valence-electron chi connectivity index (χ0n) is 19.9. The lowest BCUT2D eigenvalue weighted by Gasteiger charge is -2.19. The van der Waals surface area contributed by atoms with Crippen LogP contribution in [-0.2, 0) is 29.2 Å². The maximum atomic E-state index is 11.9. The number of carbonyl (C=O) groups excluding carboxylic acids is 1. The summed E-state index contributed by atoms with van der Waals surface area (Å²) in [5.74, 6) is 0.799. The largest absolute Gasteiger partial charge is 0.444 e. The average molecular weight is 481 g/mol. The summed E-state index contributed by atoms with van der Waals surface area (Å²) in [4.78, 5) is 21.2. The van der Waals surface area contributed by atoms with Crippen LogP contribution >= 0.6 is 11.6 Å². The molecule has 2 heterocycles. The van der Waals surface area contributed by atoms with Crippen molar-refractivity contribution < 1.29 is 14.3 Å². The second kappa shape index (κ2) is 9.99. The van der Waals surface area contributed by atoms with Gasteiger partial charge in [0.25, 0.3) is 0 Å². The van der Waals surface area contributed by atoms with E-state index >= 15 is 0 Å². The third-order valence-corrected chi connectivity index (χ3v) is 5.52. The Balaban J connectivity index is 1.61. The summed E-state index contributed by atoms with van der Waals surface area (Å²) in [7, 11) is 0. The summed E-state index contributed by atoms with van der Waals surface area (Å²) in [6, 6.07) is 16.0. The maximum Gasteiger partial charge on any atom is 0.407 e. The minimum Gasteiger partial charge on any atom is -0.444 e. The van der Waals surface area contributed by atoms with Gasteiger partial charge >= 0.3 is 6.09 Å². The molecule has 0 atom stereocenters. The van der Waals surface area contributed by atoms with Crippen LogP contribution in [0.15, 0.2) is 48.5 Å². The minimum absolute atomic E-state index is 0.383. The van der Waals surface area contributed by atoms with Crippen LogP contribution in [0.25, 0.3) is 21.9 Å². The number of imidazole rings is 1. The van der Waals surface area contributed by atoms with Crippen molar-refractivity contribution in [2.75, 3.05) is 6.61 Å². The lowest BCUT2D eigenvalue weighted by molar-refractivity contribution is 0.0523. The molecule has 0 spiro atoms. The second-order valence-corrected chi connectivity index (χ2v) is 9.40. The molecule has 1 amide bonds. The Morgan fingerprint density at radius 1 is 1.06 bits per heavy atom. The highest BCUT2D eigenvalue weighted by molar-refractivity contribution is 6.35. The Hall–Kier alpha value is -3.16. The van der Waals surface area contributed by atoms with Crippen LogP contribution < -0.4 is 5.32 Å².